The summed E-state index contributed by atoms with van der Waals surface area (Å²) in [6.07, 6.45) is 2.65. The quantitative estimate of drug-likeness (QED) is 0.726. The van der Waals surface area contributed by atoms with E-state index in [1.807, 2.05) is 30.5 Å². The van der Waals surface area contributed by atoms with Gasteiger partial charge < -0.3 is 5.32 Å². The molecule has 0 aliphatic rings. The second-order valence-corrected chi connectivity index (χ2v) is 6.75. The van der Waals surface area contributed by atoms with Crippen LogP contribution in [-0.2, 0) is 6.42 Å². The molecule has 2 rings (SSSR count). The predicted molar refractivity (Wildman–Crippen MR) is 91.2 cm³/mol. The number of nitrogens with one attached hydrogen (secondary N) is 1. The van der Waals surface area contributed by atoms with Gasteiger partial charge >= 0.3 is 0 Å². The highest BCUT2D eigenvalue weighted by molar-refractivity contribution is 9.10. The van der Waals surface area contributed by atoms with Crippen molar-refractivity contribution in [2.75, 3.05) is 6.54 Å². The Kier molecular flexibility index (Phi) is 6.02. The van der Waals surface area contributed by atoms with Crippen LogP contribution in [0.3, 0.4) is 0 Å². The lowest BCUT2D eigenvalue weighted by molar-refractivity contribution is 0.544. The molecule has 2 aromatic rings. The van der Waals surface area contributed by atoms with E-state index < -0.39 is 0 Å². The Morgan fingerprint density at radius 1 is 1.20 bits per heavy atom. The summed E-state index contributed by atoms with van der Waals surface area (Å²) in [7, 11) is 0. The molecule has 0 spiro atoms. The lowest BCUT2D eigenvalue weighted by Gasteiger charge is -2.19. The summed E-state index contributed by atoms with van der Waals surface area (Å²) >= 11 is 13.0. The van der Waals surface area contributed by atoms with Crippen LogP contribution >= 0.6 is 43.5 Å². The van der Waals surface area contributed by atoms with Crippen LogP contribution in [0, 0.1) is 0 Å². The molecule has 1 aromatic carbocycles. The normalized spacial score (nSPS) is 12.4. The first-order valence-electron chi connectivity index (χ1n) is 6.38. The minimum absolute atomic E-state index is 0.198. The molecule has 1 N–H and O–H groups in total. The van der Waals surface area contributed by atoms with E-state index in [9.17, 15) is 0 Å². The number of rotatable bonds is 5. The van der Waals surface area contributed by atoms with E-state index in [1.165, 1.54) is 0 Å². The van der Waals surface area contributed by atoms with Gasteiger partial charge in [-0.25, -0.2) is 0 Å². The number of benzene rings is 1. The number of hydrogen-bond donors (Lipinski definition) is 1. The van der Waals surface area contributed by atoms with Gasteiger partial charge in [0.25, 0.3) is 0 Å². The Bertz CT molecular complexity index is 552. The highest BCUT2D eigenvalue weighted by Gasteiger charge is 2.13. The third kappa shape index (κ3) is 4.55. The Morgan fingerprint density at radius 2 is 2.00 bits per heavy atom. The first-order chi connectivity index (χ1) is 9.58. The summed E-state index contributed by atoms with van der Waals surface area (Å²) < 4.78 is 1.98. The van der Waals surface area contributed by atoms with Crippen LogP contribution in [0.25, 0.3) is 0 Å². The summed E-state index contributed by atoms with van der Waals surface area (Å²) in [5.41, 5.74) is 2.21. The maximum absolute atomic E-state index is 6.14. The fourth-order valence-electron chi connectivity index (χ4n) is 2.07. The number of pyridine rings is 1. The van der Waals surface area contributed by atoms with Crippen molar-refractivity contribution in [1.29, 1.82) is 0 Å². The first kappa shape index (κ1) is 16.0. The van der Waals surface area contributed by atoms with Gasteiger partial charge in [-0.3, -0.25) is 4.98 Å². The Balaban J connectivity index is 2.23. The first-order valence-corrected chi connectivity index (χ1v) is 8.34. The Hall–Kier alpha value is -0.420. The van der Waals surface area contributed by atoms with Crippen molar-refractivity contribution in [3.05, 3.63) is 61.8 Å². The monoisotopic (exact) mass is 416 g/mol. The number of likely N-dealkylation sites (N-methyl/N-ethyl adjacent to an activating group) is 1. The molecule has 106 valence electrons. The van der Waals surface area contributed by atoms with Crippen molar-refractivity contribution in [3.8, 4) is 0 Å². The highest BCUT2D eigenvalue weighted by Crippen LogP contribution is 2.26. The lowest BCUT2D eigenvalue weighted by Crippen LogP contribution is -2.23. The van der Waals surface area contributed by atoms with Crippen LogP contribution in [0.4, 0.5) is 0 Å². The molecular weight excluding hydrogens is 403 g/mol. The zero-order valence-electron chi connectivity index (χ0n) is 11.0. The molecule has 0 amide bonds. The molecule has 0 saturated carbocycles. The maximum Gasteiger partial charge on any atom is 0.0423 e. The number of hydrogen-bond acceptors (Lipinski definition) is 2. The van der Waals surface area contributed by atoms with Crippen molar-refractivity contribution in [2.24, 2.45) is 0 Å². The zero-order chi connectivity index (χ0) is 14.5. The molecule has 0 aliphatic carbocycles. The maximum atomic E-state index is 6.14. The minimum Gasteiger partial charge on any atom is -0.310 e. The van der Waals surface area contributed by atoms with E-state index in [4.69, 9.17) is 11.6 Å². The fourth-order valence-corrected chi connectivity index (χ4v) is 3.19. The van der Waals surface area contributed by atoms with Crippen LogP contribution in [-0.4, -0.2) is 11.5 Å². The third-order valence-corrected chi connectivity index (χ3v) is 4.08. The van der Waals surface area contributed by atoms with Crippen molar-refractivity contribution in [1.82, 2.24) is 10.3 Å². The largest absolute Gasteiger partial charge is 0.310 e. The van der Waals surface area contributed by atoms with Crippen LogP contribution in [0.2, 0.25) is 5.02 Å². The molecule has 5 heteroatoms. The van der Waals surface area contributed by atoms with E-state index in [1.54, 1.807) is 0 Å². The van der Waals surface area contributed by atoms with Crippen molar-refractivity contribution < 1.29 is 0 Å². The average Bonchev–Trinajstić information content (AvgIpc) is 2.39. The molecule has 0 radical (unpaired) electrons. The number of nitrogens with zero attached hydrogens (tertiary/aromatic N) is 1. The van der Waals surface area contributed by atoms with Gasteiger partial charge in [-0.1, -0.05) is 34.5 Å². The molecular formula is C15H15Br2ClN2. The van der Waals surface area contributed by atoms with Crippen molar-refractivity contribution >= 4 is 43.5 Å². The molecule has 0 fully saturated rings. The van der Waals surface area contributed by atoms with Crippen LogP contribution < -0.4 is 5.32 Å². The van der Waals surface area contributed by atoms with E-state index in [-0.39, 0.29) is 6.04 Å². The minimum atomic E-state index is 0.198. The summed E-state index contributed by atoms with van der Waals surface area (Å²) in [4.78, 5) is 4.44. The van der Waals surface area contributed by atoms with E-state index in [2.05, 4.69) is 55.2 Å². The van der Waals surface area contributed by atoms with Crippen molar-refractivity contribution in [2.45, 2.75) is 19.4 Å². The summed E-state index contributed by atoms with van der Waals surface area (Å²) in [5.74, 6) is 0. The summed E-state index contributed by atoms with van der Waals surface area (Å²) in [5, 5.41) is 4.22. The molecule has 20 heavy (non-hydrogen) atoms. The molecule has 0 bridgehead atoms. The molecule has 1 atom stereocenters. The second kappa shape index (κ2) is 7.55. The Morgan fingerprint density at radius 3 is 2.60 bits per heavy atom. The SMILES string of the molecule is CCNC(Cc1ccc(Br)cn1)c1cc(Cl)cc(Br)c1. The molecule has 2 nitrogen and oxygen atoms in total. The van der Waals surface area contributed by atoms with Crippen molar-refractivity contribution in [3.63, 3.8) is 0 Å². The van der Waals surface area contributed by atoms with Gasteiger partial charge in [0.05, 0.1) is 0 Å². The zero-order valence-corrected chi connectivity index (χ0v) is 15.0. The molecule has 1 aromatic heterocycles. The highest BCUT2D eigenvalue weighted by atomic mass is 79.9. The van der Waals surface area contributed by atoms with Crippen LogP contribution in [0.5, 0.6) is 0 Å². The molecule has 1 heterocycles. The summed E-state index contributed by atoms with van der Waals surface area (Å²) in [6.45, 7) is 2.99. The second-order valence-electron chi connectivity index (χ2n) is 4.48. The van der Waals surface area contributed by atoms with E-state index >= 15 is 0 Å². The van der Waals surface area contributed by atoms with Gasteiger partial charge in [-0.05, 0) is 58.4 Å². The van der Waals surface area contributed by atoms with Crippen LogP contribution in [0.1, 0.15) is 24.2 Å². The lowest BCUT2D eigenvalue weighted by atomic mass is 10.0. The smallest absolute Gasteiger partial charge is 0.0423 e. The third-order valence-electron chi connectivity index (χ3n) is 2.94. The van der Waals surface area contributed by atoms with Gasteiger partial charge in [0.15, 0.2) is 0 Å². The number of halogens is 3. The van der Waals surface area contributed by atoms with Gasteiger partial charge in [0, 0.05) is 38.3 Å². The summed E-state index contributed by atoms with van der Waals surface area (Å²) in [6, 6.07) is 10.2. The number of aromatic nitrogens is 1. The standard InChI is InChI=1S/C15H15Br2ClN2/c1-2-19-15(8-14-4-3-11(16)9-20-14)10-5-12(17)7-13(18)6-10/h3-7,9,15,19H,2,8H2,1H3. The van der Waals surface area contributed by atoms with E-state index in [0.717, 1.165) is 38.2 Å². The van der Waals surface area contributed by atoms with Crippen LogP contribution in [0.15, 0.2) is 45.5 Å². The topological polar surface area (TPSA) is 24.9 Å². The molecule has 0 aliphatic heterocycles. The average molecular weight is 419 g/mol. The van der Waals surface area contributed by atoms with Gasteiger partial charge in [0.2, 0.25) is 0 Å². The molecule has 1 unspecified atom stereocenters. The predicted octanol–water partition coefficient (Wildman–Crippen LogP) is 5.15. The van der Waals surface area contributed by atoms with Gasteiger partial charge in [-0.15, -0.1) is 0 Å². The van der Waals surface area contributed by atoms with E-state index in [0.29, 0.717) is 0 Å². The molecule has 0 saturated heterocycles. The fraction of sp³-hybridized carbons (Fsp3) is 0.267. The van der Waals surface area contributed by atoms with Gasteiger partial charge in [0.1, 0.15) is 0 Å². The Labute approximate surface area is 141 Å². The van der Waals surface area contributed by atoms with Gasteiger partial charge in [-0.2, -0.15) is 0 Å².